The maximum absolute atomic E-state index is 11.9. The number of benzene rings is 1. The average Bonchev–Trinajstić information content (AvgIpc) is 2.43. The van der Waals surface area contributed by atoms with Crippen LogP contribution in [-0.4, -0.2) is 16.9 Å². The van der Waals surface area contributed by atoms with Crippen LogP contribution >= 0.6 is 11.6 Å². The van der Waals surface area contributed by atoms with E-state index in [1.807, 2.05) is 0 Å². The minimum Gasteiger partial charge on any atom is -0.421 e. The molecule has 20 heavy (non-hydrogen) atoms. The summed E-state index contributed by atoms with van der Waals surface area (Å²) < 4.78 is 5.21. The number of nitrogens with zero attached hydrogens (tertiary/aromatic N) is 1. The van der Waals surface area contributed by atoms with Crippen molar-refractivity contribution in [3.8, 4) is 5.75 Å². The largest absolute Gasteiger partial charge is 0.421 e. The number of aryl methyl sites for hydroxylation is 1. The van der Waals surface area contributed by atoms with Crippen molar-refractivity contribution in [3.05, 3.63) is 58.4 Å². The van der Waals surface area contributed by atoms with Gasteiger partial charge in [-0.1, -0.05) is 17.7 Å². The van der Waals surface area contributed by atoms with Crippen LogP contribution < -0.4 is 10.5 Å². The first-order valence-electron chi connectivity index (χ1n) is 5.71. The van der Waals surface area contributed by atoms with Gasteiger partial charge in [-0.05, 0) is 36.8 Å². The summed E-state index contributed by atoms with van der Waals surface area (Å²) >= 11 is 5.84. The van der Waals surface area contributed by atoms with Gasteiger partial charge in [0.2, 0.25) is 5.91 Å². The maximum Gasteiger partial charge on any atom is 0.362 e. The Morgan fingerprint density at radius 3 is 2.60 bits per heavy atom. The molecular weight excluding hydrogens is 280 g/mol. The highest BCUT2D eigenvalue weighted by Crippen LogP contribution is 2.23. The number of esters is 1. The summed E-state index contributed by atoms with van der Waals surface area (Å²) in [5.74, 6) is -0.877. The topological polar surface area (TPSA) is 82.3 Å². The molecule has 0 bridgehead atoms. The van der Waals surface area contributed by atoms with Gasteiger partial charge in [0.15, 0.2) is 0 Å². The SMILES string of the molecule is Cc1ccc(Cl)cc1OC(=O)c1ccc(C(N)=O)cn1. The number of hydrogen-bond donors (Lipinski definition) is 1. The molecule has 0 aliphatic carbocycles. The summed E-state index contributed by atoms with van der Waals surface area (Å²) in [6.45, 7) is 1.79. The molecule has 0 saturated heterocycles. The first-order chi connectivity index (χ1) is 9.47. The molecule has 2 N–H and O–H groups in total. The molecule has 2 aromatic rings. The lowest BCUT2D eigenvalue weighted by Gasteiger charge is -2.07. The highest BCUT2D eigenvalue weighted by atomic mass is 35.5. The molecule has 102 valence electrons. The van der Waals surface area contributed by atoms with E-state index < -0.39 is 11.9 Å². The predicted molar refractivity (Wildman–Crippen MR) is 73.9 cm³/mol. The maximum atomic E-state index is 11.9. The molecule has 0 aliphatic heterocycles. The van der Waals surface area contributed by atoms with Crippen LogP contribution in [-0.2, 0) is 0 Å². The number of carbonyl (C=O) groups is 2. The number of pyridine rings is 1. The second kappa shape index (κ2) is 5.71. The Hall–Kier alpha value is -2.40. The molecule has 6 heteroatoms. The number of hydrogen-bond acceptors (Lipinski definition) is 4. The molecule has 1 aromatic heterocycles. The number of carbonyl (C=O) groups excluding carboxylic acids is 2. The molecule has 0 aliphatic rings. The third-order valence-corrected chi connectivity index (χ3v) is 2.85. The van der Waals surface area contributed by atoms with E-state index in [2.05, 4.69) is 4.98 Å². The Balaban J connectivity index is 2.19. The van der Waals surface area contributed by atoms with Crippen molar-refractivity contribution in [1.29, 1.82) is 0 Å². The van der Waals surface area contributed by atoms with Gasteiger partial charge in [0.1, 0.15) is 11.4 Å². The van der Waals surface area contributed by atoms with Crippen LogP contribution in [0.4, 0.5) is 0 Å². The fourth-order valence-corrected chi connectivity index (χ4v) is 1.66. The van der Waals surface area contributed by atoms with E-state index >= 15 is 0 Å². The quantitative estimate of drug-likeness (QED) is 0.695. The van der Waals surface area contributed by atoms with Crippen molar-refractivity contribution in [2.75, 3.05) is 0 Å². The van der Waals surface area contributed by atoms with E-state index in [9.17, 15) is 9.59 Å². The van der Waals surface area contributed by atoms with Gasteiger partial charge in [-0.15, -0.1) is 0 Å². The van der Waals surface area contributed by atoms with Crippen LogP contribution in [0.25, 0.3) is 0 Å². The number of primary amides is 1. The number of ether oxygens (including phenoxy) is 1. The van der Waals surface area contributed by atoms with Gasteiger partial charge in [0, 0.05) is 11.2 Å². The van der Waals surface area contributed by atoms with Gasteiger partial charge >= 0.3 is 5.97 Å². The van der Waals surface area contributed by atoms with Gasteiger partial charge in [-0.3, -0.25) is 4.79 Å². The fourth-order valence-electron chi connectivity index (χ4n) is 1.50. The van der Waals surface area contributed by atoms with Gasteiger partial charge in [-0.2, -0.15) is 0 Å². The average molecular weight is 291 g/mol. The highest BCUT2D eigenvalue weighted by Gasteiger charge is 2.13. The normalized spacial score (nSPS) is 10.1. The zero-order valence-corrected chi connectivity index (χ0v) is 11.3. The van der Waals surface area contributed by atoms with Gasteiger partial charge in [0.25, 0.3) is 0 Å². The molecule has 0 atom stereocenters. The third kappa shape index (κ3) is 3.13. The minimum atomic E-state index is -0.633. The van der Waals surface area contributed by atoms with Gasteiger partial charge < -0.3 is 10.5 Å². The lowest BCUT2D eigenvalue weighted by Crippen LogP contribution is -2.14. The second-order valence-corrected chi connectivity index (χ2v) is 4.53. The van der Waals surface area contributed by atoms with Crippen molar-refractivity contribution in [2.45, 2.75) is 6.92 Å². The highest BCUT2D eigenvalue weighted by molar-refractivity contribution is 6.30. The molecule has 1 aromatic carbocycles. The van der Waals surface area contributed by atoms with Crippen LogP contribution in [0.3, 0.4) is 0 Å². The first-order valence-corrected chi connectivity index (χ1v) is 6.09. The monoisotopic (exact) mass is 290 g/mol. The smallest absolute Gasteiger partial charge is 0.362 e. The molecule has 0 spiro atoms. The zero-order chi connectivity index (χ0) is 14.7. The molecule has 0 saturated carbocycles. The molecule has 1 amide bonds. The molecule has 2 rings (SSSR count). The summed E-state index contributed by atoms with van der Waals surface area (Å²) in [6, 6.07) is 7.79. The zero-order valence-electron chi connectivity index (χ0n) is 10.6. The van der Waals surface area contributed by atoms with E-state index in [1.54, 1.807) is 25.1 Å². The van der Waals surface area contributed by atoms with E-state index in [0.29, 0.717) is 10.8 Å². The first kappa shape index (κ1) is 14.0. The Morgan fingerprint density at radius 2 is 2.00 bits per heavy atom. The lowest BCUT2D eigenvalue weighted by atomic mass is 10.2. The van der Waals surface area contributed by atoms with Crippen molar-refractivity contribution in [3.63, 3.8) is 0 Å². The van der Waals surface area contributed by atoms with Crippen molar-refractivity contribution < 1.29 is 14.3 Å². The fraction of sp³-hybridized carbons (Fsp3) is 0.0714. The van der Waals surface area contributed by atoms with Crippen LogP contribution in [0.5, 0.6) is 5.75 Å². The lowest BCUT2D eigenvalue weighted by molar-refractivity contribution is 0.0726. The number of rotatable bonds is 3. The molecular formula is C14H11ClN2O3. The van der Waals surface area contributed by atoms with Crippen molar-refractivity contribution >= 4 is 23.5 Å². The van der Waals surface area contributed by atoms with E-state index in [0.717, 1.165) is 5.56 Å². The summed E-state index contributed by atoms with van der Waals surface area (Å²) in [6.07, 6.45) is 1.23. The van der Waals surface area contributed by atoms with Crippen LogP contribution in [0.1, 0.15) is 26.4 Å². The molecule has 5 nitrogen and oxygen atoms in total. The van der Waals surface area contributed by atoms with Gasteiger partial charge in [0.05, 0.1) is 5.56 Å². The molecule has 0 radical (unpaired) electrons. The number of halogens is 1. The Kier molecular flexibility index (Phi) is 4.00. The summed E-state index contributed by atoms with van der Waals surface area (Å²) in [4.78, 5) is 26.7. The van der Waals surface area contributed by atoms with Crippen LogP contribution in [0, 0.1) is 6.92 Å². The van der Waals surface area contributed by atoms with E-state index in [4.69, 9.17) is 22.1 Å². The summed E-state index contributed by atoms with van der Waals surface area (Å²) in [5.41, 5.74) is 6.17. The Bertz CT molecular complexity index is 669. The number of amides is 1. The molecule has 0 unspecified atom stereocenters. The van der Waals surface area contributed by atoms with E-state index in [1.165, 1.54) is 18.3 Å². The standard InChI is InChI=1S/C14H11ClN2O3/c1-8-2-4-10(15)6-12(8)20-14(19)11-5-3-9(7-17-11)13(16)18/h2-7H,1H3,(H2,16,18). The predicted octanol–water partition coefficient (Wildman–Crippen LogP) is 2.36. The Labute approximate surface area is 120 Å². The van der Waals surface area contributed by atoms with Crippen LogP contribution in [0.15, 0.2) is 36.5 Å². The minimum absolute atomic E-state index is 0.0781. The van der Waals surface area contributed by atoms with Crippen molar-refractivity contribution in [2.24, 2.45) is 5.73 Å². The van der Waals surface area contributed by atoms with Crippen LogP contribution in [0.2, 0.25) is 5.02 Å². The number of nitrogens with two attached hydrogens (primary N) is 1. The molecule has 1 heterocycles. The van der Waals surface area contributed by atoms with Gasteiger partial charge in [-0.25, -0.2) is 9.78 Å². The summed E-state index contributed by atoms with van der Waals surface area (Å²) in [5, 5.41) is 0.468. The number of aromatic nitrogens is 1. The Morgan fingerprint density at radius 1 is 1.25 bits per heavy atom. The third-order valence-electron chi connectivity index (χ3n) is 2.61. The van der Waals surface area contributed by atoms with E-state index in [-0.39, 0.29) is 11.3 Å². The van der Waals surface area contributed by atoms with Crippen molar-refractivity contribution in [1.82, 2.24) is 4.98 Å². The molecule has 0 fully saturated rings. The second-order valence-electron chi connectivity index (χ2n) is 4.10. The summed E-state index contributed by atoms with van der Waals surface area (Å²) in [7, 11) is 0.